The fraction of sp³-hybridized carbons (Fsp3) is 0.615. The van der Waals surface area contributed by atoms with Gasteiger partial charge in [-0.3, -0.25) is 9.59 Å². The van der Waals surface area contributed by atoms with Crippen LogP contribution in [0.5, 0.6) is 0 Å². The fourth-order valence-electron chi connectivity index (χ4n) is 2.57. The number of carbonyl (C=O) groups is 2. The molecule has 1 aromatic rings. The minimum Gasteiger partial charge on any atom is -0.481 e. The van der Waals surface area contributed by atoms with E-state index in [0.717, 1.165) is 0 Å². The van der Waals surface area contributed by atoms with Crippen molar-refractivity contribution >= 4 is 11.9 Å². The number of carboxylic acids is 1. The lowest BCUT2D eigenvalue weighted by atomic mass is 9.77. The van der Waals surface area contributed by atoms with Crippen molar-refractivity contribution in [3.63, 3.8) is 0 Å². The van der Waals surface area contributed by atoms with E-state index >= 15 is 0 Å². The second-order valence-corrected chi connectivity index (χ2v) is 5.04. The molecule has 2 rings (SSSR count). The van der Waals surface area contributed by atoms with Crippen LogP contribution >= 0.6 is 0 Å². The quantitative estimate of drug-likeness (QED) is 0.900. The fourth-order valence-corrected chi connectivity index (χ4v) is 2.57. The highest BCUT2D eigenvalue weighted by atomic mass is 16.4. The summed E-state index contributed by atoms with van der Waals surface area (Å²) >= 11 is 0. The number of oxazole rings is 1. The minimum absolute atomic E-state index is 0.206. The second-order valence-electron chi connectivity index (χ2n) is 5.04. The summed E-state index contributed by atoms with van der Waals surface area (Å²) in [5.41, 5.74) is -0.296. The van der Waals surface area contributed by atoms with Crippen LogP contribution in [-0.4, -0.2) is 40.0 Å². The van der Waals surface area contributed by atoms with Gasteiger partial charge < -0.3 is 14.4 Å². The van der Waals surface area contributed by atoms with Gasteiger partial charge >= 0.3 is 5.97 Å². The van der Waals surface area contributed by atoms with Crippen molar-refractivity contribution in [1.29, 1.82) is 0 Å². The van der Waals surface area contributed by atoms with E-state index in [1.54, 1.807) is 11.8 Å². The van der Waals surface area contributed by atoms with Crippen LogP contribution in [0.15, 0.2) is 10.8 Å². The zero-order chi connectivity index (χ0) is 14.0. The molecule has 0 radical (unpaired) electrons. The van der Waals surface area contributed by atoms with Crippen molar-refractivity contribution in [3.05, 3.63) is 17.8 Å². The number of nitrogens with zero attached hydrogens (tertiary/aromatic N) is 2. The predicted octanol–water partition coefficient (Wildman–Crippen LogP) is 1.70. The maximum Gasteiger partial charge on any atom is 0.311 e. The smallest absolute Gasteiger partial charge is 0.311 e. The van der Waals surface area contributed by atoms with Gasteiger partial charge in [-0.15, -0.1) is 0 Å². The Kier molecular flexibility index (Phi) is 3.59. The van der Waals surface area contributed by atoms with Crippen LogP contribution < -0.4 is 0 Å². The lowest BCUT2D eigenvalue weighted by Gasteiger charge is -2.39. The number of carboxylic acid groups (broad SMARTS) is 1. The van der Waals surface area contributed by atoms with Gasteiger partial charge in [0.2, 0.25) is 5.76 Å². The number of aryl methyl sites for hydroxylation is 1. The van der Waals surface area contributed by atoms with Gasteiger partial charge in [-0.25, -0.2) is 4.98 Å². The van der Waals surface area contributed by atoms with Gasteiger partial charge in [-0.2, -0.15) is 0 Å². The first-order valence-corrected chi connectivity index (χ1v) is 6.43. The minimum atomic E-state index is -0.832. The molecule has 6 heteroatoms. The Morgan fingerprint density at radius 2 is 2.32 bits per heavy atom. The Bertz CT molecular complexity index is 497. The van der Waals surface area contributed by atoms with Crippen molar-refractivity contribution in [2.75, 3.05) is 13.1 Å². The maximum absolute atomic E-state index is 12.3. The Balaban J connectivity index is 2.20. The molecular weight excluding hydrogens is 248 g/mol. The SMILES string of the molecule is CCC1(C(=O)O)CCCN(C(=O)c2ocnc2C)C1. The summed E-state index contributed by atoms with van der Waals surface area (Å²) < 4.78 is 5.09. The van der Waals surface area contributed by atoms with E-state index in [4.69, 9.17) is 4.42 Å². The molecular formula is C13H18N2O4. The highest BCUT2D eigenvalue weighted by molar-refractivity contribution is 5.93. The second kappa shape index (κ2) is 5.03. The van der Waals surface area contributed by atoms with E-state index in [1.165, 1.54) is 6.39 Å². The summed E-state index contributed by atoms with van der Waals surface area (Å²) in [6.45, 7) is 4.35. The van der Waals surface area contributed by atoms with Crippen LogP contribution in [0.1, 0.15) is 42.4 Å². The molecule has 1 atom stereocenters. The monoisotopic (exact) mass is 266 g/mol. The molecule has 1 aliphatic rings. The average molecular weight is 266 g/mol. The number of hydrogen-bond donors (Lipinski definition) is 1. The van der Waals surface area contributed by atoms with Gasteiger partial charge in [-0.1, -0.05) is 6.92 Å². The number of likely N-dealkylation sites (tertiary alicyclic amines) is 1. The Morgan fingerprint density at radius 3 is 2.84 bits per heavy atom. The first-order chi connectivity index (χ1) is 9.00. The summed E-state index contributed by atoms with van der Waals surface area (Å²) in [6.07, 6.45) is 3.05. The number of hydrogen-bond acceptors (Lipinski definition) is 4. The molecule has 1 saturated heterocycles. The summed E-state index contributed by atoms with van der Waals surface area (Å²) in [7, 11) is 0. The highest BCUT2D eigenvalue weighted by Crippen LogP contribution is 2.34. The van der Waals surface area contributed by atoms with Crippen molar-refractivity contribution in [3.8, 4) is 0 Å². The third-order valence-corrected chi connectivity index (χ3v) is 3.93. The zero-order valence-electron chi connectivity index (χ0n) is 11.2. The lowest BCUT2D eigenvalue weighted by molar-refractivity contribution is -0.152. The van der Waals surface area contributed by atoms with Crippen LogP contribution in [0, 0.1) is 12.3 Å². The van der Waals surface area contributed by atoms with E-state index in [9.17, 15) is 14.7 Å². The van der Waals surface area contributed by atoms with E-state index in [0.29, 0.717) is 31.5 Å². The third-order valence-electron chi connectivity index (χ3n) is 3.93. The van der Waals surface area contributed by atoms with Gasteiger partial charge in [-0.05, 0) is 26.2 Å². The molecule has 1 aliphatic heterocycles. The largest absolute Gasteiger partial charge is 0.481 e. The maximum atomic E-state index is 12.3. The number of amides is 1. The van der Waals surface area contributed by atoms with E-state index < -0.39 is 11.4 Å². The Labute approximate surface area is 111 Å². The van der Waals surface area contributed by atoms with Crippen LogP contribution in [0.3, 0.4) is 0 Å². The molecule has 1 N–H and O–H groups in total. The predicted molar refractivity (Wildman–Crippen MR) is 66.7 cm³/mol. The average Bonchev–Trinajstić information content (AvgIpc) is 2.84. The molecule has 1 unspecified atom stereocenters. The molecule has 1 amide bonds. The van der Waals surface area contributed by atoms with Gasteiger partial charge in [0.1, 0.15) is 0 Å². The first kappa shape index (κ1) is 13.6. The molecule has 0 bridgehead atoms. The zero-order valence-corrected chi connectivity index (χ0v) is 11.2. The van der Waals surface area contributed by atoms with Crippen LogP contribution in [-0.2, 0) is 4.79 Å². The molecule has 0 aliphatic carbocycles. The van der Waals surface area contributed by atoms with Gasteiger partial charge in [0.15, 0.2) is 6.39 Å². The molecule has 0 spiro atoms. The van der Waals surface area contributed by atoms with E-state index in [1.807, 2.05) is 6.92 Å². The van der Waals surface area contributed by atoms with Gasteiger partial charge in [0, 0.05) is 13.1 Å². The van der Waals surface area contributed by atoms with Crippen molar-refractivity contribution in [1.82, 2.24) is 9.88 Å². The van der Waals surface area contributed by atoms with Crippen LogP contribution in [0.4, 0.5) is 0 Å². The van der Waals surface area contributed by atoms with Gasteiger partial charge in [0.25, 0.3) is 5.91 Å². The molecule has 104 valence electrons. The molecule has 0 saturated carbocycles. The van der Waals surface area contributed by atoms with Crippen molar-refractivity contribution < 1.29 is 19.1 Å². The highest BCUT2D eigenvalue weighted by Gasteiger charge is 2.42. The van der Waals surface area contributed by atoms with Crippen LogP contribution in [0.25, 0.3) is 0 Å². The Morgan fingerprint density at radius 1 is 1.58 bits per heavy atom. The van der Waals surface area contributed by atoms with Crippen molar-refractivity contribution in [2.24, 2.45) is 5.41 Å². The van der Waals surface area contributed by atoms with E-state index in [-0.39, 0.29) is 18.2 Å². The number of rotatable bonds is 3. The molecule has 1 fully saturated rings. The molecule has 1 aromatic heterocycles. The standard InChI is InChI=1S/C13H18N2O4/c1-3-13(12(17)18)5-4-6-15(7-13)11(16)10-9(2)14-8-19-10/h8H,3-7H2,1-2H3,(H,17,18). The summed E-state index contributed by atoms with van der Waals surface area (Å²) in [6, 6.07) is 0. The third kappa shape index (κ3) is 2.34. The summed E-state index contributed by atoms with van der Waals surface area (Å²) in [4.78, 5) is 29.2. The number of carbonyl (C=O) groups excluding carboxylic acids is 1. The number of piperidine rings is 1. The lowest BCUT2D eigenvalue weighted by Crippen LogP contribution is -2.49. The van der Waals surface area contributed by atoms with E-state index in [2.05, 4.69) is 4.98 Å². The molecule has 0 aromatic carbocycles. The normalized spacial score (nSPS) is 23.4. The Hall–Kier alpha value is -1.85. The topological polar surface area (TPSA) is 83.6 Å². The van der Waals surface area contributed by atoms with Crippen LogP contribution in [0.2, 0.25) is 0 Å². The number of aromatic nitrogens is 1. The summed E-state index contributed by atoms with van der Waals surface area (Å²) in [5.74, 6) is -0.896. The molecule has 6 nitrogen and oxygen atoms in total. The summed E-state index contributed by atoms with van der Waals surface area (Å²) in [5, 5.41) is 9.40. The van der Waals surface area contributed by atoms with Crippen molar-refractivity contribution in [2.45, 2.75) is 33.1 Å². The number of aliphatic carboxylic acids is 1. The first-order valence-electron chi connectivity index (χ1n) is 6.43. The molecule has 2 heterocycles. The van der Waals surface area contributed by atoms with Gasteiger partial charge in [0.05, 0.1) is 11.1 Å². The molecule has 19 heavy (non-hydrogen) atoms.